The van der Waals surface area contributed by atoms with Gasteiger partial charge in [-0.1, -0.05) is 35.1 Å². The van der Waals surface area contributed by atoms with Crippen molar-refractivity contribution in [2.45, 2.75) is 30.8 Å². The average Bonchev–Trinajstić information content (AvgIpc) is 3.15. The van der Waals surface area contributed by atoms with E-state index in [-0.39, 0.29) is 0 Å². The second kappa shape index (κ2) is 6.09. The van der Waals surface area contributed by atoms with Gasteiger partial charge in [-0.3, -0.25) is 0 Å². The second-order valence-electron chi connectivity index (χ2n) is 4.78. The molecule has 1 aromatic carbocycles. The normalized spacial score (nSPS) is 11.2. The summed E-state index contributed by atoms with van der Waals surface area (Å²) in [7, 11) is 0. The van der Waals surface area contributed by atoms with Crippen LogP contribution in [0.4, 0.5) is 0 Å². The minimum absolute atomic E-state index is 0.327. The predicted molar refractivity (Wildman–Crippen MR) is 79.7 cm³/mol. The summed E-state index contributed by atoms with van der Waals surface area (Å²) in [6.45, 7) is 4.19. The first-order chi connectivity index (χ1) is 10.2. The molecule has 2 heterocycles. The monoisotopic (exact) mass is 301 g/mol. The third-order valence-electron chi connectivity index (χ3n) is 2.92. The van der Waals surface area contributed by atoms with Gasteiger partial charge in [-0.15, -0.1) is 10.2 Å². The Morgan fingerprint density at radius 2 is 2.05 bits per heavy atom. The van der Waals surface area contributed by atoms with Crippen LogP contribution >= 0.6 is 11.8 Å². The fraction of sp³-hybridized carbons (Fsp3) is 0.286. The molecule has 0 radical (unpaired) electrons. The van der Waals surface area contributed by atoms with Crippen LogP contribution in [-0.4, -0.2) is 24.9 Å². The molecule has 0 amide bonds. The van der Waals surface area contributed by atoms with Crippen molar-refractivity contribution in [2.24, 2.45) is 0 Å². The van der Waals surface area contributed by atoms with Crippen molar-refractivity contribution in [1.82, 2.24) is 24.9 Å². The average molecular weight is 301 g/mol. The molecule has 0 saturated carbocycles. The first-order valence-electron chi connectivity index (χ1n) is 6.64. The van der Waals surface area contributed by atoms with Gasteiger partial charge in [0.25, 0.3) is 5.89 Å². The summed E-state index contributed by atoms with van der Waals surface area (Å²) in [4.78, 5) is 4.40. The molecular weight excluding hydrogens is 286 g/mol. The number of hydrogen-bond acceptors (Lipinski definition) is 6. The molecular formula is C14H15N5OS. The van der Waals surface area contributed by atoms with Crippen molar-refractivity contribution in [3.8, 4) is 11.5 Å². The van der Waals surface area contributed by atoms with Crippen molar-refractivity contribution in [3.63, 3.8) is 0 Å². The number of benzene rings is 1. The number of rotatable bonds is 5. The third-order valence-corrected chi connectivity index (χ3v) is 3.87. The molecule has 21 heavy (non-hydrogen) atoms. The van der Waals surface area contributed by atoms with Crippen LogP contribution < -0.4 is 0 Å². The molecule has 0 aliphatic heterocycles. The van der Waals surface area contributed by atoms with Crippen LogP contribution in [0, 0.1) is 0 Å². The molecule has 0 saturated heterocycles. The first kappa shape index (κ1) is 13.8. The van der Waals surface area contributed by atoms with E-state index >= 15 is 0 Å². The zero-order valence-corrected chi connectivity index (χ0v) is 12.6. The maximum absolute atomic E-state index is 5.28. The van der Waals surface area contributed by atoms with Crippen molar-refractivity contribution in [1.29, 1.82) is 0 Å². The highest BCUT2D eigenvalue weighted by molar-refractivity contribution is 7.98. The smallest absolute Gasteiger partial charge is 0.257 e. The molecule has 3 aromatic rings. The Hall–Kier alpha value is -2.15. The van der Waals surface area contributed by atoms with Crippen LogP contribution in [0.25, 0.3) is 11.5 Å². The van der Waals surface area contributed by atoms with Gasteiger partial charge in [0.1, 0.15) is 6.33 Å². The molecule has 2 aromatic heterocycles. The largest absolute Gasteiger partial charge is 0.334 e. The molecule has 0 fully saturated rings. The van der Waals surface area contributed by atoms with Crippen molar-refractivity contribution >= 4 is 11.8 Å². The van der Waals surface area contributed by atoms with E-state index < -0.39 is 0 Å². The van der Waals surface area contributed by atoms with Crippen LogP contribution in [0.2, 0.25) is 0 Å². The molecule has 6 nitrogen and oxygen atoms in total. The number of aromatic nitrogens is 5. The molecule has 0 N–H and O–H groups in total. The Morgan fingerprint density at radius 3 is 2.81 bits per heavy atom. The lowest BCUT2D eigenvalue weighted by Crippen LogP contribution is -2.01. The van der Waals surface area contributed by atoms with Gasteiger partial charge < -0.3 is 9.09 Å². The van der Waals surface area contributed by atoms with E-state index in [4.69, 9.17) is 4.52 Å². The van der Waals surface area contributed by atoms with E-state index in [1.165, 1.54) is 0 Å². The molecule has 0 aliphatic rings. The summed E-state index contributed by atoms with van der Waals surface area (Å²) >= 11 is 1.55. The predicted octanol–water partition coefficient (Wildman–Crippen LogP) is 3.20. The lowest BCUT2D eigenvalue weighted by atomic mass is 10.2. The molecule has 7 heteroatoms. The summed E-state index contributed by atoms with van der Waals surface area (Å²) in [5, 5.41) is 12.9. The van der Waals surface area contributed by atoms with E-state index in [0.29, 0.717) is 23.5 Å². The molecule has 0 aliphatic carbocycles. The highest BCUT2D eigenvalue weighted by atomic mass is 32.2. The Morgan fingerprint density at radius 1 is 1.24 bits per heavy atom. The van der Waals surface area contributed by atoms with E-state index in [0.717, 1.165) is 10.7 Å². The van der Waals surface area contributed by atoms with Gasteiger partial charge in [0.15, 0.2) is 11.0 Å². The van der Waals surface area contributed by atoms with Gasteiger partial charge in [0.05, 0.1) is 5.75 Å². The van der Waals surface area contributed by atoms with E-state index in [1.54, 1.807) is 18.1 Å². The minimum atomic E-state index is 0.327. The zero-order valence-electron chi connectivity index (χ0n) is 11.8. The summed E-state index contributed by atoms with van der Waals surface area (Å²) < 4.78 is 7.30. The highest BCUT2D eigenvalue weighted by Gasteiger charge is 2.12. The molecule has 0 bridgehead atoms. The van der Waals surface area contributed by atoms with Crippen molar-refractivity contribution < 1.29 is 4.52 Å². The molecule has 108 valence electrons. The molecule has 0 spiro atoms. The Kier molecular flexibility index (Phi) is 4.01. The van der Waals surface area contributed by atoms with Gasteiger partial charge >= 0.3 is 0 Å². The maximum Gasteiger partial charge on any atom is 0.257 e. The molecule has 3 rings (SSSR count). The number of hydrogen-bond donors (Lipinski definition) is 0. The number of thioether (sulfide) groups is 1. The first-order valence-corrected chi connectivity index (χ1v) is 7.63. The van der Waals surface area contributed by atoms with Crippen molar-refractivity contribution in [3.05, 3.63) is 42.5 Å². The SMILES string of the molecule is CC(C)n1cnnc1SCc1noc(-c2ccccc2)n1. The van der Waals surface area contributed by atoms with Crippen LogP contribution in [0.15, 0.2) is 46.3 Å². The van der Waals surface area contributed by atoms with Crippen LogP contribution in [0.5, 0.6) is 0 Å². The van der Waals surface area contributed by atoms with E-state index in [1.807, 2.05) is 34.9 Å². The zero-order chi connectivity index (χ0) is 14.7. The van der Waals surface area contributed by atoms with Gasteiger partial charge in [-0.25, -0.2) is 0 Å². The lowest BCUT2D eigenvalue weighted by molar-refractivity contribution is 0.425. The van der Waals surface area contributed by atoms with Gasteiger partial charge in [0, 0.05) is 11.6 Å². The summed E-state index contributed by atoms with van der Waals surface area (Å²) in [5.74, 6) is 1.79. The van der Waals surface area contributed by atoms with Crippen LogP contribution in [-0.2, 0) is 5.75 Å². The Bertz CT molecular complexity index is 707. The fourth-order valence-electron chi connectivity index (χ4n) is 1.83. The van der Waals surface area contributed by atoms with Gasteiger partial charge in [-0.05, 0) is 26.0 Å². The summed E-state index contributed by atoms with van der Waals surface area (Å²) in [5.41, 5.74) is 0.923. The molecule has 0 unspecified atom stereocenters. The summed E-state index contributed by atoms with van der Waals surface area (Å²) in [6.07, 6.45) is 1.73. The maximum atomic E-state index is 5.28. The van der Waals surface area contributed by atoms with Gasteiger partial charge in [-0.2, -0.15) is 4.98 Å². The van der Waals surface area contributed by atoms with Crippen LogP contribution in [0.3, 0.4) is 0 Å². The fourth-order valence-corrected chi connectivity index (χ4v) is 2.72. The quantitative estimate of drug-likeness (QED) is 0.674. The molecule has 0 atom stereocenters. The lowest BCUT2D eigenvalue weighted by Gasteiger charge is -2.08. The second-order valence-corrected chi connectivity index (χ2v) is 5.73. The Balaban J connectivity index is 1.69. The van der Waals surface area contributed by atoms with E-state index in [2.05, 4.69) is 34.2 Å². The summed E-state index contributed by atoms with van der Waals surface area (Å²) in [6, 6.07) is 10.1. The Labute approximate surface area is 126 Å². The van der Waals surface area contributed by atoms with Crippen LogP contribution in [0.1, 0.15) is 25.7 Å². The number of nitrogens with zero attached hydrogens (tertiary/aromatic N) is 5. The standard InChI is InChI=1S/C14H15N5OS/c1-10(2)19-9-15-17-14(19)21-8-12-16-13(20-18-12)11-6-4-3-5-7-11/h3-7,9-10H,8H2,1-2H3. The van der Waals surface area contributed by atoms with Gasteiger partial charge in [0.2, 0.25) is 0 Å². The minimum Gasteiger partial charge on any atom is -0.334 e. The topological polar surface area (TPSA) is 69.6 Å². The van der Waals surface area contributed by atoms with E-state index in [9.17, 15) is 0 Å². The third kappa shape index (κ3) is 3.13. The highest BCUT2D eigenvalue weighted by Crippen LogP contribution is 2.23. The van der Waals surface area contributed by atoms with Crippen molar-refractivity contribution in [2.75, 3.05) is 0 Å².